The minimum absolute atomic E-state index is 0.298. The number of rotatable bonds is 2. The van der Waals surface area contributed by atoms with Crippen LogP contribution in [-0.2, 0) is 9.53 Å². The normalized spacial score (nSPS) is 13.7. The molecule has 9 heavy (non-hydrogen) atoms. The molecule has 0 bridgehead atoms. The van der Waals surface area contributed by atoms with Crippen LogP contribution in [0.5, 0.6) is 0 Å². The number of hydrogen-bond donors (Lipinski definition) is 0. The highest BCUT2D eigenvalue weighted by atomic mass is 16.5. The Labute approximate surface area is 54.7 Å². The number of ether oxygens (including phenoxy) is 1. The maximum atomic E-state index is 10.6. The van der Waals surface area contributed by atoms with E-state index in [0.717, 1.165) is 0 Å². The lowest BCUT2D eigenvalue weighted by Crippen LogP contribution is -2.15. The van der Waals surface area contributed by atoms with E-state index in [1.54, 1.807) is 20.1 Å². The molecule has 52 valence electrons. The first kappa shape index (κ1) is 8.14. The highest BCUT2D eigenvalue weighted by Crippen LogP contribution is 1.89. The first-order valence-corrected chi connectivity index (χ1v) is 2.78. The quantitative estimate of drug-likeness (QED) is 0.405. The summed E-state index contributed by atoms with van der Waals surface area (Å²) in [6.07, 6.45) is 1.58. The van der Waals surface area contributed by atoms with E-state index in [1.165, 1.54) is 7.11 Å². The Kier molecular flexibility index (Phi) is 3.67. The summed E-state index contributed by atoms with van der Waals surface area (Å²) >= 11 is 0. The lowest BCUT2D eigenvalue weighted by Gasteiger charge is -2.00. The van der Waals surface area contributed by atoms with Crippen molar-refractivity contribution in [1.29, 1.82) is 0 Å². The minimum atomic E-state index is -0.361. The molecule has 0 aromatic heterocycles. The van der Waals surface area contributed by atoms with Crippen LogP contribution in [0.1, 0.15) is 13.8 Å². The Hall–Kier alpha value is -0.860. The predicted molar refractivity (Wildman–Crippen MR) is 35.6 cm³/mol. The minimum Gasteiger partial charge on any atom is -0.467 e. The highest BCUT2D eigenvalue weighted by Gasteiger charge is 2.08. The lowest BCUT2D eigenvalue weighted by molar-refractivity contribution is -0.141. The Bertz CT molecular complexity index is 120. The van der Waals surface area contributed by atoms with Crippen molar-refractivity contribution in [3.63, 3.8) is 0 Å². The smallest absolute Gasteiger partial charge is 0.330 e. The topological polar surface area (TPSA) is 38.7 Å². The molecule has 0 saturated carbocycles. The molecule has 3 heteroatoms. The second-order valence-electron chi connectivity index (χ2n) is 1.61. The van der Waals surface area contributed by atoms with Crippen LogP contribution in [0.2, 0.25) is 0 Å². The van der Waals surface area contributed by atoms with Crippen LogP contribution in [-0.4, -0.2) is 25.3 Å². The van der Waals surface area contributed by atoms with Gasteiger partial charge in [-0.1, -0.05) is 0 Å². The number of carbonyl (C=O) groups is 1. The summed E-state index contributed by atoms with van der Waals surface area (Å²) in [5, 5.41) is 0. The zero-order valence-electron chi connectivity index (χ0n) is 5.92. The summed E-state index contributed by atoms with van der Waals surface area (Å²) in [6, 6.07) is -0.361. The van der Waals surface area contributed by atoms with Crippen LogP contribution in [0.4, 0.5) is 0 Å². The van der Waals surface area contributed by atoms with Crippen molar-refractivity contribution in [2.45, 2.75) is 19.9 Å². The number of methoxy groups -OCH3 is 1. The van der Waals surface area contributed by atoms with Crippen molar-refractivity contribution in [2.24, 2.45) is 4.99 Å². The Morgan fingerprint density at radius 1 is 1.78 bits per heavy atom. The van der Waals surface area contributed by atoms with Crippen LogP contribution in [0.25, 0.3) is 0 Å². The standard InChI is InChI=1S/C6H11NO2/c1-4-7-5(2)6(8)9-3/h4-5H,1-3H3. The third-order valence-electron chi connectivity index (χ3n) is 0.915. The van der Waals surface area contributed by atoms with Crippen molar-refractivity contribution in [2.75, 3.05) is 7.11 Å². The van der Waals surface area contributed by atoms with E-state index in [0.29, 0.717) is 0 Å². The zero-order valence-corrected chi connectivity index (χ0v) is 5.92. The maximum absolute atomic E-state index is 10.6. The number of aliphatic imine (C=N–C) groups is 1. The van der Waals surface area contributed by atoms with Crippen molar-refractivity contribution in [1.82, 2.24) is 0 Å². The monoisotopic (exact) mass is 129 g/mol. The average molecular weight is 129 g/mol. The number of hydrogen-bond acceptors (Lipinski definition) is 3. The van der Waals surface area contributed by atoms with Gasteiger partial charge in [0.15, 0.2) is 0 Å². The SMILES string of the molecule is CC=NC(C)C(=O)OC. The summed E-state index contributed by atoms with van der Waals surface area (Å²) in [4.78, 5) is 14.4. The fraction of sp³-hybridized carbons (Fsp3) is 0.667. The second kappa shape index (κ2) is 4.06. The van der Waals surface area contributed by atoms with Gasteiger partial charge in [-0.05, 0) is 20.1 Å². The van der Waals surface area contributed by atoms with Gasteiger partial charge in [0.05, 0.1) is 7.11 Å². The van der Waals surface area contributed by atoms with Gasteiger partial charge in [-0.15, -0.1) is 0 Å². The number of carbonyl (C=O) groups excluding carboxylic acids is 1. The van der Waals surface area contributed by atoms with E-state index >= 15 is 0 Å². The second-order valence-corrected chi connectivity index (χ2v) is 1.61. The maximum Gasteiger partial charge on any atom is 0.330 e. The molecular formula is C6H11NO2. The van der Waals surface area contributed by atoms with Gasteiger partial charge in [0.2, 0.25) is 0 Å². The average Bonchev–Trinajstić information content (AvgIpc) is 1.87. The van der Waals surface area contributed by atoms with Crippen LogP contribution in [0, 0.1) is 0 Å². The first-order valence-electron chi connectivity index (χ1n) is 2.78. The van der Waals surface area contributed by atoms with Gasteiger partial charge in [-0.2, -0.15) is 0 Å². The lowest BCUT2D eigenvalue weighted by atomic mass is 10.4. The summed E-state index contributed by atoms with van der Waals surface area (Å²) in [6.45, 7) is 3.45. The van der Waals surface area contributed by atoms with Crippen LogP contribution in [0.15, 0.2) is 4.99 Å². The molecule has 0 rings (SSSR count). The van der Waals surface area contributed by atoms with Gasteiger partial charge in [0.25, 0.3) is 0 Å². The Balaban J connectivity index is 3.72. The van der Waals surface area contributed by atoms with Gasteiger partial charge in [0.1, 0.15) is 6.04 Å². The molecule has 1 atom stereocenters. The Morgan fingerprint density at radius 2 is 2.33 bits per heavy atom. The molecular weight excluding hydrogens is 118 g/mol. The Morgan fingerprint density at radius 3 is 2.67 bits per heavy atom. The third kappa shape index (κ3) is 2.85. The zero-order chi connectivity index (χ0) is 7.28. The largest absolute Gasteiger partial charge is 0.467 e. The molecule has 0 fully saturated rings. The molecule has 0 aliphatic carbocycles. The van der Waals surface area contributed by atoms with Gasteiger partial charge in [0, 0.05) is 0 Å². The van der Waals surface area contributed by atoms with Crippen molar-refractivity contribution >= 4 is 12.2 Å². The fourth-order valence-corrected chi connectivity index (χ4v) is 0.455. The fourth-order valence-electron chi connectivity index (χ4n) is 0.455. The molecule has 3 nitrogen and oxygen atoms in total. The third-order valence-corrected chi connectivity index (χ3v) is 0.915. The number of nitrogens with zero attached hydrogens (tertiary/aromatic N) is 1. The van der Waals surface area contributed by atoms with E-state index in [1.807, 2.05) is 0 Å². The van der Waals surface area contributed by atoms with Gasteiger partial charge in [-0.3, -0.25) is 4.99 Å². The van der Waals surface area contributed by atoms with Gasteiger partial charge in [-0.25, -0.2) is 4.79 Å². The summed E-state index contributed by atoms with van der Waals surface area (Å²) in [7, 11) is 1.35. The van der Waals surface area contributed by atoms with E-state index in [9.17, 15) is 4.79 Å². The van der Waals surface area contributed by atoms with E-state index in [2.05, 4.69) is 9.73 Å². The van der Waals surface area contributed by atoms with E-state index < -0.39 is 0 Å². The van der Waals surface area contributed by atoms with Crippen molar-refractivity contribution in [3.05, 3.63) is 0 Å². The molecule has 0 aliphatic heterocycles. The molecule has 0 saturated heterocycles. The van der Waals surface area contributed by atoms with Crippen molar-refractivity contribution < 1.29 is 9.53 Å². The van der Waals surface area contributed by atoms with E-state index in [-0.39, 0.29) is 12.0 Å². The molecule has 0 aliphatic rings. The van der Waals surface area contributed by atoms with Gasteiger partial charge < -0.3 is 4.74 Å². The predicted octanol–water partition coefficient (Wildman–Crippen LogP) is 0.639. The molecule has 0 N–H and O–H groups in total. The summed E-state index contributed by atoms with van der Waals surface area (Å²) < 4.78 is 4.41. The van der Waals surface area contributed by atoms with Crippen LogP contribution >= 0.6 is 0 Å². The number of esters is 1. The highest BCUT2D eigenvalue weighted by molar-refractivity contribution is 5.77. The van der Waals surface area contributed by atoms with Crippen LogP contribution < -0.4 is 0 Å². The molecule has 0 aromatic rings. The first-order chi connectivity index (χ1) is 4.22. The van der Waals surface area contributed by atoms with E-state index in [4.69, 9.17) is 0 Å². The van der Waals surface area contributed by atoms with Crippen molar-refractivity contribution in [3.8, 4) is 0 Å². The molecule has 0 heterocycles. The van der Waals surface area contributed by atoms with Gasteiger partial charge >= 0.3 is 5.97 Å². The molecule has 0 spiro atoms. The molecule has 0 radical (unpaired) electrons. The molecule has 0 aromatic carbocycles. The van der Waals surface area contributed by atoms with Crippen LogP contribution in [0.3, 0.4) is 0 Å². The molecule has 1 unspecified atom stereocenters. The molecule has 0 amide bonds. The summed E-state index contributed by atoms with van der Waals surface area (Å²) in [5.74, 6) is -0.298. The summed E-state index contributed by atoms with van der Waals surface area (Å²) in [5.41, 5.74) is 0.